The number of Topliss-reactive ketones (excluding diaryl/α,β-unsaturated/α-hetero) is 1. The molecule has 1 aliphatic rings. The minimum atomic E-state index is -1.18. The van der Waals surface area contributed by atoms with Crippen molar-refractivity contribution in [2.24, 2.45) is 0 Å². The monoisotopic (exact) mass is 438 g/mol. The average molecular weight is 439 g/mol. The van der Waals surface area contributed by atoms with Crippen molar-refractivity contribution in [3.63, 3.8) is 0 Å². The van der Waals surface area contributed by atoms with Gasteiger partial charge in [-0.05, 0) is 42.5 Å². The van der Waals surface area contributed by atoms with Crippen LogP contribution in [-0.4, -0.2) is 26.6 Å². The molecule has 1 aromatic heterocycles. The van der Waals surface area contributed by atoms with E-state index < -0.39 is 28.4 Å². The lowest BCUT2D eigenvalue weighted by Gasteiger charge is -2.24. The average Bonchev–Trinajstić information content (AvgIpc) is 3.36. The number of aliphatic hydroxyl groups excluding tert-OH is 1. The summed E-state index contributed by atoms with van der Waals surface area (Å²) in [6.45, 7) is -0.105. The molecular formula is C22H15ClN2O6. The van der Waals surface area contributed by atoms with Crippen molar-refractivity contribution >= 4 is 34.7 Å². The summed E-state index contributed by atoms with van der Waals surface area (Å²) in [7, 11) is 0. The lowest BCUT2D eigenvalue weighted by molar-refractivity contribution is -0.385. The van der Waals surface area contributed by atoms with Crippen LogP contribution in [0.4, 0.5) is 5.69 Å². The van der Waals surface area contributed by atoms with Gasteiger partial charge < -0.3 is 14.4 Å². The van der Waals surface area contributed by atoms with Crippen LogP contribution in [0.3, 0.4) is 0 Å². The van der Waals surface area contributed by atoms with Crippen LogP contribution < -0.4 is 0 Å². The highest BCUT2D eigenvalue weighted by Gasteiger charge is 2.48. The number of nitro groups is 1. The van der Waals surface area contributed by atoms with E-state index in [0.717, 1.165) is 4.90 Å². The van der Waals surface area contributed by atoms with E-state index in [4.69, 9.17) is 16.0 Å². The van der Waals surface area contributed by atoms with Gasteiger partial charge in [-0.25, -0.2) is 0 Å². The Kier molecular flexibility index (Phi) is 5.31. The highest BCUT2D eigenvalue weighted by atomic mass is 35.5. The third-order valence-corrected chi connectivity index (χ3v) is 5.24. The number of benzene rings is 2. The number of furan rings is 1. The van der Waals surface area contributed by atoms with Crippen LogP contribution >= 0.6 is 11.6 Å². The van der Waals surface area contributed by atoms with Crippen LogP contribution in [0, 0.1) is 10.1 Å². The first-order valence-electron chi connectivity index (χ1n) is 9.18. The molecule has 8 nitrogen and oxygen atoms in total. The summed E-state index contributed by atoms with van der Waals surface area (Å²) in [6, 6.07) is 13.9. The Labute approximate surface area is 181 Å². The van der Waals surface area contributed by atoms with E-state index in [-0.39, 0.29) is 28.9 Å². The second-order valence-electron chi connectivity index (χ2n) is 6.83. The fourth-order valence-corrected chi connectivity index (χ4v) is 3.71. The number of amides is 1. The first-order chi connectivity index (χ1) is 14.9. The quantitative estimate of drug-likeness (QED) is 0.207. The fourth-order valence-electron chi connectivity index (χ4n) is 3.59. The Morgan fingerprint density at radius 3 is 2.45 bits per heavy atom. The number of likely N-dealkylation sites (tertiary alicyclic amines) is 1. The van der Waals surface area contributed by atoms with E-state index in [9.17, 15) is 24.8 Å². The zero-order chi connectivity index (χ0) is 22.1. The van der Waals surface area contributed by atoms with Crippen LogP contribution in [0.25, 0.3) is 5.76 Å². The van der Waals surface area contributed by atoms with Gasteiger partial charge in [-0.2, -0.15) is 0 Å². The number of hydrogen-bond acceptors (Lipinski definition) is 6. The third kappa shape index (κ3) is 3.69. The van der Waals surface area contributed by atoms with Gasteiger partial charge in [0, 0.05) is 16.7 Å². The largest absolute Gasteiger partial charge is 0.507 e. The van der Waals surface area contributed by atoms with Crippen LogP contribution in [0.1, 0.15) is 22.9 Å². The molecule has 1 unspecified atom stereocenters. The number of rotatable bonds is 5. The van der Waals surface area contributed by atoms with Crippen molar-refractivity contribution in [1.82, 2.24) is 4.90 Å². The van der Waals surface area contributed by atoms with Gasteiger partial charge in [0.1, 0.15) is 11.5 Å². The molecule has 0 saturated carbocycles. The van der Waals surface area contributed by atoms with Gasteiger partial charge >= 0.3 is 0 Å². The molecule has 1 fully saturated rings. The summed E-state index contributed by atoms with van der Waals surface area (Å²) in [5, 5.41) is 23.0. The number of halogens is 1. The molecule has 3 aromatic rings. The molecule has 2 heterocycles. The number of para-hydroxylation sites is 1. The normalized spacial score (nSPS) is 17.8. The maximum atomic E-state index is 13.0. The minimum absolute atomic E-state index is 0.105. The number of aliphatic hydroxyl groups is 1. The standard InChI is InChI=1S/C22H15ClN2O6/c23-14-9-7-13(8-10-14)20(26)18-19(16-5-1-2-6-17(16)25(29)30)24(22(28)21(18)27)12-15-4-3-11-31-15/h1-11,19,26H,12H2/b20-18-. The highest BCUT2D eigenvalue weighted by Crippen LogP contribution is 2.43. The molecule has 156 valence electrons. The minimum Gasteiger partial charge on any atom is -0.507 e. The van der Waals surface area contributed by atoms with Crippen LogP contribution in [-0.2, 0) is 16.1 Å². The molecule has 4 rings (SSSR count). The van der Waals surface area contributed by atoms with Crippen molar-refractivity contribution in [2.45, 2.75) is 12.6 Å². The number of nitro benzene ring substituents is 1. The van der Waals surface area contributed by atoms with E-state index in [1.165, 1.54) is 48.7 Å². The molecule has 1 saturated heterocycles. The molecular weight excluding hydrogens is 424 g/mol. The Morgan fingerprint density at radius 2 is 1.81 bits per heavy atom. The second kappa shape index (κ2) is 8.08. The summed E-state index contributed by atoms with van der Waals surface area (Å²) in [6.07, 6.45) is 1.42. The molecule has 2 aromatic carbocycles. The zero-order valence-electron chi connectivity index (χ0n) is 15.9. The van der Waals surface area contributed by atoms with Gasteiger partial charge in [-0.15, -0.1) is 0 Å². The summed E-state index contributed by atoms with van der Waals surface area (Å²) in [5.74, 6) is -1.89. The van der Waals surface area contributed by atoms with Gasteiger partial charge in [-0.1, -0.05) is 23.7 Å². The predicted octanol–water partition coefficient (Wildman–Crippen LogP) is 4.46. The summed E-state index contributed by atoms with van der Waals surface area (Å²) < 4.78 is 5.30. The number of carbonyl (C=O) groups is 2. The molecule has 1 amide bonds. The van der Waals surface area contributed by atoms with E-state index in [1.807, 2.05) is 0 Å². The van der Waals surface area contributed by atoms with E-state index in [0.29, 0.717) is 10.8 Å². The molecule has 1 atom stereocenters. The molecule has 0 spiro atoms. The van der Waals surface area contributed by atoms with Gasteiger partial charge in [0.25, 0.3) is 17.4 Å². The summed E-state index contributed by atoms with van der Waals surface area (Å²) in [4.78, 5) is 38.1. The van der Waals surface area contributed by atoms with Crippen LogP contribution in [0.5, 0.6) is 0 Å². The van der Waals surface area contributed by atoms with Crippen molar-refractivity contribution in [3.05, 3.63) is 105 Å². The number of hydrogen-bond donors (Lipinski definition) is 1. The second-order valence-corrected chi connectivity index (χ2v) is 7.27. The molecule has 9 heteroatoms. The Bertz CT molecular complexity index is 1200. The molecule has 0 aliphatic carbocycles. The van der Waals surface area contributed by atoms with E-state index in [1.54, 1.807) is 18.2 Å². The molecule has 1 N–H and O–H groups in total. The van der Waals surface area contributed by atoms with Crippen molar-refractivity contribution < 1.29 is 24.0 Å². The molecule has 31 heavy (non-hydrogen) atoms. The number of ketones is 1. The van der Waals surface area contributed by atoms with Gasteiger partial charge in [0.05, 0.1) is 34.9 Å². The van der Waals surface area contributed by atoms with Gasteiger partial charge in [-0.3, -0.25) is 19.7 Å². The van der Waals surface area contributed by atoms with Crippen molar-refractivity contribution in [1.29, 1.82) is 0 Å². The van der Waals surface area contributed by atoms with Crippen molar-refractivity contribution in [2.75, 3.05) is 0 Å². The van der Waals surface area contributed by atoms with Gasteiger partial charge in [0.2, 0.25) is 0 Å². The zero-order valence-corrected chi connectivity index (χ0v) is 16.7. The maximum absolute atomic E-state index is 13.0. The SMILES string of the molecule is O=C1C(=O)N(Cc2ccco2)C(c2ccccc2[N+](=O)[O-])/C1=C(/O)c1ccc(Cl)cc1. The first kappa shape index (κ1) is 20.4. The predicted molar refractivity (Wildman–Crippen MR) is 111 cm³/mol. The summed E-state index contributed by atoms with van der Waals surface area (Å²) >= 11 is 5.90. The van der Waals surface area contributed by atoms with E-state index in [2.05, 4.69) is 0 Å². The Balaban J connectivity index is 1.93. The smallest absolute Gasteiger partial charge is 0.296 e. The lowest BCUT2D eigenvalue weighted by Crippen LogP contribution is -2.29. The van der Waals surface area contributed by atoms with Crippen molar-refractivity contribution in [3.8, 4) is 0 Å². The van der Waals surface area contributed by atoms with Crippen LogP contribution in [0.2, 0.25) is 5.02 Å². The Morgan fingerprint density at radius 1 is 1.10 bits per heavy atom. The first-order valence-corrected chi connectivity index (χ1v) is 9.56. The molecule has 0 radical (unpaired) electrons. The number of carbonyl (C=O) groups excluding carboxylic acids is 2. The van der Waals surface area contributed by atoms with E-state index >= 15 is 0 Å². The highest BCUT2D eigenvalue weighted by molar-refractivity contribution is 6.46. The fraction of sp³-hybridized carbons (Fsp3) is 0.0909. The summed E-state index contributed by atoms with van der Waals surface area (Å²) in [5.41, 5.74) is -0.160. The lowest BCUT2D eigenvalue weighted by atomic mass is 9.94. The van der Waals surface area contributed by atoms with Crippen LogP contribution in [0.15, 0.2) is 76.9 Å². The Hall–Kier alpha value is -3.91. The molecule has 0 bridgehead atoms. The number of nitrogens with zero attached hydrogens (tertiary/aromatic N) is 2. The topological polar surface area (TPSA) is 114 Å². The maximum Gasteiger partial charge on any atom is 0.296 e. The third-order valence-electron chi connectivity index (χ3n) is 4.99. The molecule has 1 aliphatic heterocycles. The van der Waals surface area contributed by atoms with Gasteiger partial charge in [0.15, 0.2) is 0 Å².